The first-order valence-electron chi connectivity index (χ1n) is 5.64. The predicted octanol–water partition coefficient (Wildman–Crippen LogP) is 2.85. The Labute approximate surface area is 124 Å². The van der Waals surface area contributed by atoms with Crippen molar-refractivity contribution in [3.8, 4) is 0 Å². The fourth-order valence-electron chi connectivity index (χ4n) is 1.43. The normalized spacial score (nSPS) is 10.7. The van der Waals surface area contributed by atoms with Gasteiger partial charge in [-0.2, -0.15) is 5.10 Å². The molecule has 0 radical (unpaired) electrons. The minimum atomic E-state index is -0.736. The Bertz CT molecular complexity index is 655. The van der Waals surface area contributed by atoms with E-state index in [1.807, 2.05) is 31.2 Å². The van der Waals surface area contributed by atoms with Gasteiger partial charge in [0.05, 0.1) is 11.1 Å². The van der Waals surface area contributed by atoms with E-state index in [2.05, 4.69) is 20.8 Å². The standard InChI is InChI=1S/C12H12ClN5OS/c1-7-4-2-3-5-8(7)16-12-17-10(13)9(20-12)6-15-18-11(14)19/h2-6H,1H3,(H,16,17)(H3,14,18,19)/b15-6+. The number of carbonyl (C=O) groups is 1. The molecule has 0 aliphatic rings. The third-order valence-corrected chi connectivity index (χ3v) is 3.66. The van der Waals surface area contributed by atoms with Gasteiger partial charge in [0.2, 0.25) is 0 Å². The lowest BCUT2D eigenvalue weighted by atomic mass is 10.2. The molecule has 0 spiro atoms. The summed E-state index contributed by atoms with van der Waals surface area (Å²) < 4.78 is 0. The number of benzene rings is 1. The number of halogens is 1. The number of thiazole rings is 1. The van der Waals surface area contributed by atoms with Crippen molar-refractivity contribution in [3.63, 3.8) is 0 Å². The Hall–Kier alpha value is -2.12. The van der Waals surface area contributed by atoms with E-state index in [0.717, 1.165) is 11.3 Å². The van der Waals surface area contributed by atoms with Gasteiger partial charge >= 0.3 is 6.03 Å². The van der Waals surface area contributed by atoms with E-state index in [1.54, 1.807) is 0 Å². The molecule has 2 rings (SSSR count). The van der Waals surface area contributed by atoms with E-state index in [0.29, 0.717) is 15.2 Å². The highest BCUT2D eigenvalue weighted by atomic mass is 35.5. The highest BCUT2D eigenvalue weighted by Gasteiger charge is 2.08. The van der Waals surface area contributed by atoms with Gasteiger partial charge in [0.1, 0.15) is 0 Å². The molecule has 0 saturated heterocycles. The lowest BCUT2D eigenvalue weighted by molar-refractivity contribution is 0.249. The minimum Gasteiger partial charge on any atom is -0.350 e. The Morgan fingerprint density at radius 3 is 2.95 bits per heavy atom. The Morgan fingerprint density at radius 1 is 1.50 bits per heavy atom. The molecule has 0 bridgehead atoms. The molecule has 2 aromatic rings. The van der Waals surface area contributed by atoms with Crippen molar-refractivity contribution in [2.75, 3.05) is 5.32 Å². The fourth-order valence-corrected chi connectivity index (χ4v) is 2.47. The number of para-hydroxylation sites is 1. The van der Waals surface area contributed by atoms with Crippen LogP contribution in [0.1, 0.15) is 10.4 Å². The molecule has 1 aromatic carbocycles. The molecule has 0 saturated carbocycles. The third-order valence-electron chi connectivity index (χ3n) is 2.35. The predicted molar refractivity (Wildman–Crippen MR) is 81.9 cm³/mol. The number of nitrogens with zero attached hydrogens (tertiary/aromatic N) is 2. The summed E-state index contributed by atoms with van der Waals surface area (Å²) in [4.78, 5) is 15.3. The number of hydrogen-bond donors (Lipinski definition) is 3. The van der Waals surface area contributed by atoms with Gasteiger partial charge in [0.25, 0.3) is 0 Å². The number of nitrogens with one attached hydrogen (secondary N) is 2. The van der Waals surface area contributed by atoms with E-state index < -0.39 is 6.03 Å². The van der Waals surface area contributed by atoms with Crippen molar-refractivity contribution in [1.29, 1.82) is 0 Å². The zero-order valence-electron chi connectivity index (χ0n) is 10.6. The Morgan fingerprint density at radius 2 is 2.25 bits per heavy atom. The van der Waals surface area contributed by atoms with Crippen LogP contribution >= 0.6 is 22.9 Å². The summed E-state index contributed by atoms with van der Waals surface area (Å²) in [6.45, 7) is 2.00. The Kier molecular flexibility index (Phi) is 4.54. The van der Waals surface area contributed by atoms with Crippen LogP contribution in [0.2, 0.25) is 5.15 Å². The zero-order chi connectivity index (χ0) is 14.5. The largest absolute Gasteiger partial charge is 0.350 e. The van der Waals surface area contributed by atoms with Gasteiger partial charge in [0, 0.05) is 5.69 Å². The zero-order valence-corrected chi connectivity index (χ0v) is 12.1. The van der Waals surface area contributed by atoms with E-state index in [4.69, 9.17) is 17.3 Å². The number of aromatic nitrogens is 1. The fraction of sp³-hybridized carbons (Fsp3) is 0.0833. The molecule has 0 fully saturated rings. The smallest absolute Gasteiger partial charge is 0.332 e. The first-order valence-corrected chi connectivity index (χ1v) is 6.83. The number of amides is 2. The number of anilines is 2. The molecular weight excluding hydrogens is 298 g/mol. The summed E-state index contributed by atoms with van der Waals surface area (Å²) in [6.07, 6.45) is 1.40. The average Bonchev–Trinajstić information content (AvgIpc) is 2.72. The van der Waals surface area contributed by atoms with E-state index >= 15 is 0 Å². The summed E-state index contributed by atoms with van der Waals surface area (Å²) in [5, 5.41) is 7.78. The molecule has 1 aromatic heterocycles. The van der Waals surface area contributed by atoms with Crippen molar-refractivity contribution in [2.24, 2.45) is 10.8 Å². The van der Waals surface area contributed by atoms with Crippen molar-refractivity contribution < 1.29 is 4.79 Å². The van der Waals surface area contributed by atoms with Crippen molar-refractivity contribution in [3.05, 3.63) is 39.9 Å². The molecule has 20 heavy (non-hydrogen) atoms. The van der Waals surface area contributed by atoms with Crippen molar-refractivity contribution in [1.82, 2.24) is 10.4 Å². The second-order valence-electron chi connectivity index (χ2n) is 3.85. The second-order valence-corrected chi connectivity index (χ2v) is 5.24. The average molecular weight is 310 g/mol. The first kappa shape index (κ1) is 14.3. The van der Waals surface area contributed by atoms with Crippen LogP contribution in [-0.2, 0) is 0 Å². The number of hydrogen-bond acceptors (Lipinski definition) is 5. The third kappa shape index (κ3) is 3.69. The van der Waals surface area contributed by atoms with Gasteiger partial charge in [0.15, 0.2) is 10.3 Å². The molecule has 0 unspecified atom stereocenters. The molecule has 104 valence electrons. The van der Waals surface area contributed by atoms with Gasteiger partial charge in [-0.15, -0.1) is 0 Å². The van der Waals surface area contributed by atoms with E-state index in [9.17, 15) is 4.79 Å². The first-order chi connectivity index (χ1) is 9.56. The number of hydrazone groups is 1. The highest BCUT2D eigenvalue weighted by molar-refractivity contribution is 7.17. The topological polar surface area (TPSA) is 92.4 Å². The molecular formula is C12H12ClN5OS. The highest BCUT2D eigenvalue weighted by Crippen LogP contribution is 2.28. The lowest BCUT2D eigenvalue weighted by Gasteiger charge is -2.05. The second kappa shape index (κ2) is 6.36. The van der Waals surface area contributed by atoms with Crippen LogP contribution < -0.4 is 16.5 Å². The van der Waals surface area contributed by atoms with Crippen LogP contribution in [0.5, 0.6) is 0 Å². The molecule has 0 atom stereocenters. The summed E-state index contributed by atoms with van der Waals surface area (Å²) in [5.74, 6) is 0. The SMILES string of the molecule is Cc1ccccc1Nc1nc(Cl)c(/C=N/NC(N)=O)s1. The van der Waals surface area contributed by atoms with Crippen LogP contribution in [0.25, 0.3) is 0 Å². The molecule has 0 aliphatic carbocycles. The van der Waals surface area contributed by atoms with Crippen molar-refractivity contribution >= 4 is 46.0 Å². The molecule has 2 amide bonds. The summed E-state index contributed by atoms with van der Waals surface area (Å²) in [6, 6.07) is 7.11. The van der Waals surface area contributed by atoms with Crippen LogP contribution in [0.15, 0.2) is 29.4 Å². The number of primary amides is 1. The van der Waals surface area contributed by atoms with Crippen LogP contribution in [0.3, 0.4) is 0 Å². The van der Waals surface area contributed by atoms with Crippen LogP contribution in [-0.4, -0.2) is 17.2 Å². The van der Waals surface area contributed by atoms with Crippen molar-refractivity contribution in [2.45, 2.75) is 6.92 Å². The van der Waals surface area contributed by atoms with E-state index in [-0.39, 0.29) is 0 Å². The minimum absolute atomic E-state index is 0.307. The monoisotopic (exact) mass is 309 g/mol. The molecule has 8 heteroatoms. The van der Waals surface area contributed by atoms with Gasteiger partial charge in [-0.25, -0.2) is 15.2 Å². The summed E-state index contributed by atoms with van der Waals surface area (Å²) >= 11 is 7.31. The van der Waals surface area contributed by atoms with Gasteiger partial charge in [-0.1, -0.05) is 41.1 Å². The maximum atomic E-state index is 10.5. The Balaban J connectivity index is 2.13. The van der Waals surface area contributed by atoms with Gasteiger partial charge in [-0.05, 0) is 18.6 Å². The number of carbonyl (C=O) groups excluding carboxylic acids is 1. The number of nitrogens with two attached hydrogens (primary N) is 1. The van der Waals surface area contributed by atoms with Gasteiger partial charge in [-0.3, -0.25) is 0 Å². The van der Waals surface area contributed by atoms with Crippen LogP contribution in [0, 0.1) is 6.92 Å². The number of rotatable bonds is 4. The molecule has 6 nitrogen and oxygen atoms in total. The molecule has 4 N–H and O–H groups in total. The van der Waals surface area contributed by atoms with Crippen LogP contribution in [0.4, 0.5) is 15.6 Å². The molecule has 0 aliphatic heterocycles. The maximum absolute atomic E-state index is 10.5. The number of urea groups is 1. The quantitative estimate of drug-likeness (QED) is 0.599. The van der Waals surface area contributed by atoms with Gasteiger partial charge < -0.3 is 11.1 Å². The molecule has 1 heterocycles. The van der Waals surface area contributed by atoms with E-state index in [1.165, 1.54) is 17.6 Å². The summed E-state index contributed by atoms with van der Waals surface area (Å²) in [5.41, 5.74) is 9.05. The number of aryl methyl sites for hydroxylation is 1. The lowest BCUT2D eigenvalue weighted by Crippen LogP contribution is -2.24. The summed E-state index contributed by atoms with van der Waals surface area (Å²) in [7, 11) is 0. The maximum Gasteiger partial charge on any atom is 0.332 e.